The average Bonchev–Trinajstić information content (AvgIpc) is 2.99. The molecule has 0 bridgehead atoms. The van der Waals surface area contributed by atoms with Crippen molar-refractivity contribution in [2.45, 2.75) is 83.3 Å². The minimum Gasteiger partial charge on any atom is -0.489 e. The summed E-state index contributed by atoms with van der Waals surface area (Å²) < 4.78 is 6.01. The molecule has 6 nitrogen and oxygen atoms in total. The van der Waals surface area contributed by atoms with E-state index in [1.165, 1.54) is 37.7 Å². The second-order valence-electron chi connectivity index (χ2n) is 10.3. The van der Waals surface area contributed by atoms with Crippen LogP contribution < -0.4 is 15.0 Å². The van der Waals surface area contributed by atoms with Gasteiger partial charge in [0.2, 0.25) is 5.91 Å². The van der Waals surface area contributed by atoms with Gasteiger partial charge in [-0.05, 0) is 47.9 Å². The summed E-state index contributed by atoms with van der Waals surface area (Å²) in [6.07, 6.45) is 7.49. The SMILES string of the molecule is CC(C)c1ccc(CN2C(=O)C(NC(CCC3CCCCC3)C(=O)O)COc3ccccc32)cc1. The molecule has 2 aromatic carbocycles. The van der Waals surface area contributed by atoms with E-state index in [0.717, 1.165) is 12.0 Å². The number of amides is 1. The van der Waals surface area contributed by atoms with E-state index in [1.54, 1.807) is 4.90 Å². The molecule has 2 unspecified atom stereocenters. The van der Waals surface area contributed by atoms with Gasteiger partial charge in [0, 0.05) is 0 Å². The summed E-state index contributed by atoms with van der Waals surface area (Å²) in [6, 6.07) is 14.3. The van der Waals surface area contributed by atoms with Gasteiger partial charge in [-0.15, -0.1) is 0 Å². The highest BCUT2D eigenvalue weighted by Gasteiger charge is 2.34. The van der Waals surface area contributed by atoms with E-state index < -0.39 is 18.1 Å². The Kier molecular flexibility index (Phi) is 8.45. The molecule has 4 rings (SSSR count). The largest absolute Gasteiger partial charge is 0.489 e. The number of carboxylic acid groups (broad SMARTS) is 1. The fraction of sp³-hybridized carbons (Fsp3) is 0.517. The van der Waals surface area contributed by atoms with E-state index in [0.29, 0.717) is 36.2 Å². The minimum atomic E-state index is -0.911. The lowest BCUT2D eigenvalue weighted by Crippen LogP contribution is -2.53. The highest BCUT2D eigenvalue weighted by molar-refractivity contribution is 5.99. The first-order valence-corrected chi connectivity index (χ1v) is 13.0. The van der Waals surface area contributed by atoms with Gasteiger partial charge in [0.1, 0.15) is 24.4 Å². The van der Waals surface area contributed by atoms with Crippen molar-refractivity contribution in [1.82, 2.24) is 5.32 Å². The number of carboxylic acids is 1. The van der Waals surface area contributed by atoms with E-state index in [-0.39, 0.29) is 12.5 Å². The first kappa shape index (κ1) is 25.2. The van der Waals surface area contributed by atoms with Crippen molar-refractivity contribution < 1.29 is 19.4 Å². The first-order valence-electron chi connectivity index (χ1n) is 13.0. The predicted octanol–water partition coefficient (Wildman–Crippen LogP) is 5.51. The van der Waals surface area contributed by atoms with Gasteiger partial charge in [0.15, 0.2) is 0 Å². The molecule has 1 amide bonds. The number of para-hydroxylation sites is 2. The molecule has 6 heteroatoms. The molecule has 2 aliphatic rings. The maximum Gasteiger partial charge on any atom is 0.320 e. The van der Waals surface area contributed by atoms with E-state index >= 15 is 0 Å². The van der Waals surface area contributed by atoms with Crippen molar-refractivity contribution in [3.63, 3.8) is 0 Å². The van der Waals surface area contributed by atoms with E-state index in [9.17, 15) is 14.7 Å². The van der Waals surface area contributed by atoms with Gasteiger partial charge in [-0.2, -0.15) is 0 Å². The van der Waals surface area contributed by atoms with E-state index in [1.807, 2.05) is 24.3 Å². The number of rotatable bonds is 9. The molecule has 1 heterocycles. The van der Waals surface area contributed by atoms with Crippen LogP contribution in [0.4, 0.5) is 5.69 Å². The Balaban J connectivity index is 1.51. The maximum absolute atomic E-state index is 13.7. The zero-order chi connectivity index (χ0) is 24.8. The van der Waals surface area contributed by atoms with Crippen molar-refractivity contribution in [2.24, 2.45) is 5.92 Å². The van der Waals surface area contributed by atoms with Crippen molar-refractivity contribution >= 4 is 17.6 Å². The van der Waals surface area contributed by atoms with Crippen LogP contribution >= 0.6 is 0 Å². The summed E-state index contributed by atoms with van der Waals surface area (Å²) in [7, 11) is 0. The zero-order valence-corrected chi connectivity index (χ0v) is 20.9. The maximum atomic E-state index is 13.7. The van der Waals surface area contributed by atoms with Crippen LogP contribution in [-0.4, -0.2) is 35.7 Å². The molecule has 1 aliphatic carbocycles. The molecule has 35 heavy (non-hydrogen) atoms. The van der Waals surface area contributed by atoms with Crippen LogP contribution in [0, 0.1) is 5.92 Å². The average molecular weight is 479 g/mol. The molecule has 2 aromatic rings. The van der Waals surface area contributed by atoms with Crippen molar-refractivity contribution in [3.05, 3.63) is 59.7 Å². The van der Waals surface area contributed by atoms with Crippen molar-refractivity contribution in [2.75, 3.05) is 11.5 Å². The van der Waals surface area contributed by atoms with Gasteiger partial charge in [-0.3, -0.25) is 14.9 Å². The van der Waals surface area contributed by atoms with Crippen LogP contribution in [-0.2, 0) is 16.1 Å². The molecular weight excluding hydrogens is 440 g/mol. The van der Waals surface area contributed by atoms with Crippen LogP contribution in [0.2, 0.25) is 0 Å². The second kappa shape index (κ2) is 11.7. The number of hydrogen-bond acceptors (Lipinski definition) is 4. The molecule has 0 saturated heterocycles. The number of nitrogens with one attached hydrogen (secondary N) is 1. The van der Waals surface area contributed by atoms with E-state index in [2.05, 4.69) is 43.4 Å². The zero-order valence-electron chi connectivity index (χ0n) is 20.9. The molecule has 2 atom stereocenters. The Hall–Kier alpha value is -2.86. The molecule has 0 aromatic heterocycles. The summed E-state index contributed by atoms with van der Waals surface area (Å²) in [5.41, 5.74) is 2.98. The third kappa shape index (κ3) is 6.43. The van der Waals surface area contributed by atoms with E-state index in [4.69, 9.17) is 4.74 Å². The first-order chi connectivity index (χ1) is 16.9. The number of carbonyl (C=O) groups is 2. The summed E-state index contributed by atoms with van der Waals surface area (Å²) in [5, 5.41) is 13.1. The van der Waals surface area contributed by atoms with Crippen LogP contribution in [0.25, 0.3) is 0 Å². The number of anilines is 1. The number of fused-ring (bicyclic) bond motifs is 1. The van der Waals surface area contributed by atoms with Crippen LogP contribution in [0.5, 0.6) is 5.75 Å². The minimum absolute atomic E-state index is 0.103. The quantitative estimate of drug-likeness (QED) is 0.497. The Labute approximate surface area is 208 Å². The topological polar surface area (TPSA) is 78.9 Å². The molecule has 0 spiro atoms. The number of nitrogens with zero attached hydrogens (tertiary/aromatic N) is 1. The Morgan fingerprint density at radius 1 is 1.09 bits per heavy atom. The van der Waals surface area contributed by atoms with Crippen LogP contribution in [0.3, 0.4) is 0 Å². The highest BCUT2D eigenvalue weighted by Crippen LogP contribution is 2.33. The third-order valence-electron chi connectivity index (χ3n) is 7.40. The summed E-state index contributed by atoms with van der Waals surface area (Å²) >= 11 is 0. The van der Waals surface area contributed by atoms with Gasteiger partial charge in [0.05, 0.1) is 12.2 Å². The number of ether oxygens (including phenoxy) is 1. The summed E-state index contributed by atoms with van der Waals surface area (Å²) in [6.45, 7) is 4.82. The monoisotopic (exact) mass is 478 g/mol. The number of aliphatic carboxylic acids is 1. The van der Waals surface area contributed by atoms with Crippen LogP contribution in [0.1, 0.15) is 75.8 Å². The van der Waals surface area contributed by atoms with Gasteiger partial charge in [-0.25, -0.2) is 0 Å². The fourth-order valence-corrected chi connectivity index (χ4v) is 5.23. The smallest absolute Gasteiger partial charge is 0.320 e. The highest BCUT2D eigenvalue weighted by atomic mass is 16.5. The number of hydrogen-bond donors (Lipinski definition) is 2. The predicted molar refractivity (Wildman–Crippen MR) is 138 cm³/mol. The van der Waals surface area contributed by atoms with Gasteiger partial charge in [0.25, 0.3) is 0 Å². The lowest BCUT2D eigenvalue weighted by atomic mass is 9.85. The summed E-state index contributed by atoms with van der Waals surface area (Å²) in [5.74, 6) is 0.590. The van der Waals surface area contributed by atoms with Gasteiger partial charge in [-0.1, -0.05) is 82.3 Å². The second-order valence-corrected chi connectivity index (χ2v) is 10.3. The molecule has 188 valence electrons. The molecule has 1 saturated carbocycles. The third-order valence-corrected chi connectivity index (χ3v) is 7.40. The van der Waals surface area contributed by atoms with Crippen molar-refractivity contribution in [1.29, 1.82) is 0 Å². The standard InChI is InChI=1S/C29H38N2O4/c1-20(2)23-15-12-22(13-16-23)18-31-26-10-6-7-11-27(26)35-19-25(28(31)32)30-24(29(33)34)17-14-21-8-4-3-5-9-21/h6-7,10-13,15-16,20-21,24-25,30H,3-5,8-9,14,17-19H2,1-2H3,(H,33,34). The van der Waals surface area contributed by atoms with Gasteiger partial charge < -0.3 is 14.7 Å². The van der Waals surface area contributed by atoms with Crippen LogP contribution in [0.15, 0.2) is 48.5 Å². The number of benzene rings is 2. The number of carbonyl (C=O) groups excluding carboxylic acids is 1. The Morgan fingerprint density at radius 2 is 1.80 bits per heavy atom. The molecule has 1 fully saturated rings. The lowest BCUT2D eigenvalue weighted by Gasteiger charge is -2.28. The molecule has 1 aliphatic heterocycles. The Bertz CT molecular complexity index is 998. The lowest BCUT2D eigenvalue weighted by molar-refractivity contribution is -0.140. The van der Waals surface area contributed by atoms with Crippen molar-refractivity contribution in [3.8, 4) is 5.75 Å². The normalized spacial score (nSPS) is 19.7. The summed E-state index contributed by atoms with van der Waals surface area (Å²) in [4.78, 5) is 27.6. The molecular formula is C29H38N2O4. The fourth-order valence-electron chi connectivity index (χ4n) is 5.23. The Morgan fingerprint density at radius 3 is 2.49 bits per heavy atom. The molecule has 2 N–H and O–H groups in total. The van der Waals surface area contributed by atoms with Gasteiger partial charge >= 0.3 is 5.97 Å². The molecule has 0 radical (unpaired) electrons.